The van der Waals surface area contributed by atoms with Crippen LogP contribution in [-0.4, -0.2) is 58.4 Å². The second kappa shape index (κ2) is 7.82. The van der Waals surface area contributed by atoms with E-state index < -0.39 is 0 Å². The lowest BCUT2D eigenvalue weighted by Gasteiger charge is -2.40. The Labute approximate surface area is 149 Å². The van der Waals surface area contributed by atoms with Gasteiger partial charge in [0.15, 0.2) is 5.82 Å². The van der Waals surface area contributed by atoms with Gasteiger partial charge in [0.05, 0.1) is 30.7 Å². The van der Waals surface area contributed by atoms with E-state index in [2.05, 4.69) is 45.0 Å². The van der Waals surface area contributed by atoms with Gasteiger partial charge >= 0.3 is 0 Å². The Morgan fingerprint density at radius 2 is 2.16 bits per heavy atom. The Hall–Kier alpha value is -2.15. The fourth-order valence-corrected chi connectivity index (χ4v) is 3.78. The van der Waals surface area contributed by atoms with Crippen LogP contribution < -0.4 is 9.64 Å². The van der Waals surface area contributed by atoms with Crippen molar-refractivity contribution in [3.8, 4) is 5.88 Å². The zero-order valence-corrected chi connectivity index (χ0v) is 15.6. The maximum absolute atomic E-state index is 5.48. The lowest BCUT2D eigenvalue weighted by Crippen LogP contribution is -2.42. The summed E-state index contributed by atoms with van der Waals surface area (Å²) in [7, 11) is 6.31. The highest BCUT2D eigenvalue weighted by molar-refractivity contribution is 5.36. The zero-order valence-electron chi connectivity index (χ0n) is 15.6. The van der Waals surface area contributed by atoms with Gasteiger partial charge in [-0.1, -0.05) is 0 Å². The van der Waals surface area contributed by atoms with E-state index in [4.69, 9.17) is 4.74 Å². The first-order chi connectivity index (χ1) is 12.1. The van der Waals surface area contributed by atoms with Crippen molar-refractivity contribution in [2.45, 2.75) is 25.8 Å². The third-order valence-corrected chi connectivity index (χ3v) is 4.96. The number of rotatable bonds is 6. The molecule has 136 valence electrons. The first-order valence-corrected chi connectivity index (χ1v) is 8.94. The van der Waals surface area contributed by atoms with E-state index in [1.807, 2.05) is 24.9 Å². The molecule has 2 atom stereocenters. The number of nitrogens with zero attached hydrogens (tertiary/aromatic N) is 6. The van der Waals surface area contributed by atoms with E-state index >= 15 is 0 Å². The van der Waals surface area contributed by atoms with Crippen molar-refractivity contribution >= 4 is 5.82 Å². The topological polar surface area (TPSA) is 59.3 Å². The molecule has 3 heterocycles. The average Bonchev–Trinajstić information content (AvgIpc) is 3.01. The minimum atomic E-state index is 0.367. The molecule has 2 aromatic rings. The Morgan fingerprint density at radius 3 is 2.88 bits per heavy atom. The Kier molecular flexibility index (Phi) is 5.53. The number of aromatic nitrogens is 4. The lowest BCUT2D eigenvalue weighted by molar-refractivity contribution is 0.118. The van der Waals surface area contributed by atoms with E-state index in [1.165, 1.54) is 18.5 Å². The van der Waals surface area contributed by atoms with E-state index in [9.17, 15) is 0 Å². The summed E-state index contributed by atoms with van der Waals surface area (Å²) >= 11 is 0. The maximum atomic E-state index is 5.48. The molecule has 1 saturated heterocycles. The molecular formula is C18H28N6O. The molecule has 2 aromatic heterocycles. The van der Waals surface area contributed by atoms with Gasteiger partial charge in [0.2, 0.25) is 5.88 Å². The fraction of sp³-hybridized carbons (Fsp3) is 0.611. The highest BCUT2D eigenvalue weighted by atomic mass is 16.5. The minimum Gasteiger partial charge on any atom is -0.477 e. The number of likely N-dealkylation sites (tertiary alicyclic amines) is 1. The standard InChI is InChI=1S/C18H28N6O/c1-5-25-17-12-19-11-16(21-17)23(3)13-14-7-6-10-22(2)18(14)15-8-9-20-24(15)4/h8-9,11-12,14,18H,5-7,10,13H2,1-4H3/t14-,18+/m0/s1. The number of anilines is 1. The third-order valence-electron chi connectivity index (χ3n) is 4.96. The summed E-state index contributed by atoms with van der Waals surface area (Å²) < 4.78 is 7.47. The van der Waals surface area contributed by atoms with Crippen LogP contribution in [0.3, 0.4) is 0 Å². The molecule has 3 rings (SSSR count). The van der Waals surface area contributed by atoms with Crippen LogP contribution in [0.1, 0.15) is 31.5 Å². The van der Waals surface area contributed by atoms with E-state index in [0.29, 0.717) is 24.4 Å². The molecule has 0 aromatic carbocycles. The second-order valence-electron chi connectivity index (χ2n) is 6.74. The molecule has 0 amide bonds. The first-order valence-electron chi connectivity index (χ1n) is 8.94. The third kappa shape index (κ3) is 3.92. The molecular weight excluding hydrogens is 316 g/mol. The molecule has 0 spiro atoms. The smallest absolute Gasteiger partial charge is 0.234 e. The molecule has 0 unspecified atom stereocenters. The summed E-state index contributed by atoms with van der Waals surface area (Å²) in [6, 6.07) is 2.50. The number of piperidine rings is 1. The normalized spacial score (nSPS) is 21.3. The molecule has 7 heteroatoms. The molecule has 0 radical (unpaired) electrons. The summed E-state index contributed by atoms with van der Waals surface area (Å²) in [4.78, 5) is 13.5. The van der Waals surface area contributed by atoms with Crippen molar-refractivity contribution in [1.29, 1.82) is 0 Å². The summed E-state index contributed by atoms with van der Waals surface area (Å²) in [5.41, 5.74) is 1.27. The van der Waals surface area contributed by atoms with Crippen molar-refractivity contribution < 1.29 is 4.74 Å². The summed E-state index contributed by atoms with van der Waals surface area (Å²) in [6.45, 7) is 4.59. The van der Waals surface area contributed by atoms with Crippen LogP contribution in [-0.2, 0) is 7.05 Å². The predicted octanol–water partition coefficient (Wildman–Crippen LogP) is 2.13. The van der Waals surface area contributed by atoms with Gasteiger partial charge in [0, 0.05) is 26.8 Å². The van der Waals surface area contributed by atoms with Crippen LogP contribution in [0.25, 0.3) is 0 Å². The largest absolute Gasteiger partial charge is 0.477 e. The van der Waals surface area contributed by atoms with Crippen LogP contribution in [0, 0.1) is 5.92 Å². The Balaban J connectivity index is 1.77. The van der Waals surface area contributed by atoms with Gasteiger partial charge in [0.25, 0.3) is 0 Å². The quantitative estimate of drug-likeness (QED) is 0.800. The van der Waals surface area contributed by atoms with Crippen LogP contribution >= 0.6 is 0 Å². The summed E-state index contributed by atoms with van der Waals surface area (Å²) in [6.07, 6.45) is 7.76. The maximum Gasteiger partial charge on any atom is 0.234 e. The fourth-order valence-electron chi connectivity index (χ4n) is 3.78. The van der Waals surface area contributed by atoms with E-state index in [0.717, 1.165) is 18.9 Å². The molecule has 25 heavy (non-hydrogen) atoms. The predicted molar refractivity (Wildman–Crippen MR) is 97.8 cm³/mol. The van der Waals surface area contributed by atoms with Crippen LogP contribution in [0.5, 0.6) is 5.88 Å². The van der Waals surface area contributed by atoms with Crippen molar-refractivity contribution in [2.24, 2.45) is 13.0 Å². The Bertz CT molecular complexity index is 688. The highest BCUT2D eigenvalue weighted by Gasteiger charge is 2.33. The van der Waals surface area contributed by atoms with Gasteiger partial charge < -0.3 is 9.64 Å². The minimum absolute atomic E-state index is 0.367. The highest BCUT2D eigenvalue weighted by Crippen LogP contribution is 2.35. The first kappa shape index (κ1) is 17.7. The molecule has 1 aliphatic heterocycles. The monoisotopic (exact) mass is 344 g/mol. The summed E-state index contributed by atoms with van der Waals surface area (Å²) in [5.74, 6) is 1.94. The van der Waals surface area contributed by atoms with Crippen LogP contribution in [0.15, 0.2) is 24.7 Å². The van der Waals surface area contributed by atoms with Crippen molar-refractivity contribution in [1.82, 2.24) is 24.6 Å². The van der Waals surface area contributed by atoms with Crippen molar-refractivity contribution in [3.05, 3.63) is 30.4 Å². The lowest BCUT2D eigenvalue weighted by atomic mass is 9.87. The molecule has 7 nitrogen and oxygen atoms in total. The number of hydrogen-bond acceptors (Lipinski definition) is 6. The van der Waals surface area contributed by atoms with Crippen LogP contribution in [0.4, 0.5) is 5.82 Å². The van der Waals surface area contributed by atoms with Gasteiger partial charge in [-0.3, -0.25) is 14.6 Å². The van der Waals surface area contributed by atoms with Gasteiger partial charge in [-0.05, 0) is 45.3 Å². The average molecular weight is 344 g/mol. The molecule has 1 fully saturated rings. The number of aryl methyl sites for hydroxylation is 1. The molecule has 0 saturated carbocycles. The Morgan fingerprint density at radius 1 is 1.32 bits per heavy atom. The van der Waals surface area contributed by atoms with Gasteiger partial charge in [-0.15, -0.1) is 0 Å². The SMILES string of the molecule is CCOc1cncc(N(C)C[C@@H]2CCCN(C)[C@H]2c2ccnn2C)n1. The molecule has 0 N–H and O–H groups in total. The molecule has 1 aliphatic rings. The summed E-state index contributed by atoms with van der Waals surface area (Å²) in [5, 5.41) is 4.37. The van der Waals surface area contributed by atoms with E-state index in [-0.39, 0.29) is 0 Å². The second-order valence-corrected chi connectivity index (χ2v) is 6.74. The van der Waals surface area contributed by atoms with Gasteiger partial charge in [-0.25, -0.2) is 0 Å². The zero-order chi connectivity index (χ0) is 17.8. The van der Waals surface area contributed by atoms with Gasteiger partial charge in [-0.2, -0.15) is 10.1 Å². The molecule has 0 aliphatic carbocycles. The van der Waals surface area contributed by atoms with Crippen molar-refractivity contribution in [3.63, 3.8) is 0 Å². The number of hydrogen-bond donors (Lipinski definition) is 0. The van der Waals surface area contributed by atoms with E-state index in [1.54, 1.807) is 12.4 Å². The van der Waals surface area contributed by atoms with Gasteiger partial charge in [0.1, 0.15) is 0 Å². The van der Waals surface area contributed by atoms with Crippen molar-refractivity contribution in [2.75, 3.05) is 38.7 Å². The number of ether oxygens (including phenoxy) is 1. The molecule has 0 bridgehead atoms. The van der Waals surface area contributed by atoms with Crippen LogP contribution in [0.2, 0.25) is 0 Å².